The van der Waals surface area contributed by atoms with E-state index in [-0.39, 0.29) is 0 Å². The molecule has 3 nitrogen and oxygen atoms in total. The summed E-state index contributed by atoms with van der Waals surface area (Å²) >= 11 is 0. The molecule has 0 aromatic heterocycles. The summed E-state index contributed by atoms with van der Waals surface area (Å²) in [7, 11) is -4.36. The molecule has 0 aliphatic rings. The highest BCUT2D eigenvalue weighted by molar-refractivity contribution is 6.84. The predicted molar refractivity (Wildman–Crippen MR) is 81.9 cm³/mol. The molecule has 0 heterocycles. The van der Waals surface area contributed by atoms with Crippen LogP contribution in [0.1, 0.15) is 13.8 Å². The number of hydrogen-bond donors (Lipinski definition) is 0. The van der Waals surface area contributed by atoms with Crippen LogP contribution in [-0.4, -0.2) is 39.1 Å². The zero-order valence-corrected chi connectivity index (χ0v) is 15.8. The first-order valence-corrected chi connectivity index (χ1v) is 14.9. The van der Waals surface area contributed by atoms with E-state index in [2.05, 4.69) is 32.7 Å². The number of hydrogen-bond acceptors (Lipinski definition) is 3. The van der Waals surface area contributed by atoms with Crippen molar-refractivity contribution in [3.63, 3.8) is 0 Å². The van der Waals surface area contributed by atoms with Crippen molar-refractivity contribution in [3.8, 4) is 0 Å². The van der Waals surface area contributed by atoms with Gasteiger partial charge in [-0.05, 0) is 58.7 Å². The first-order valence-electron chi connectivity index (χ1n) is 6.63. The molecule has 0 bridgehead atoms. The van der Waals surface area contributed by atoms with E-state index >= 15 is 0 Å². The monoisotopic (exact) mass is 294 g/mol. The molecule has 0 aromatic carbocycles. The summed E-state index contributed by atoms with van der Waals surface area (Å²) in [5, 5.41) is 0. The van der Waals surface area contributed by atoms with Gasteiger partial charge in [0.2, 0.25) is 0 Å². The quantitative estimate of drug-likeness (QED) is 0.611. The molecule has 0 aliphatic carbocycles. The van der Waals surface area contributed by atoms with Gasteiger partial charge in [0, 0.05) is 13.2 Å². The molecule has 0 radical (unpaired) electrons. The van der Waals surface area contributed by atoms with Crippen LogP contribution < -0.4 is 0 Å². The molecule has 17 heavy (non-hydrogen) atoms. The van der Waals surface area contributed by atoms with E-state index in [4.69, 9.17) is 13.0 Å². The minimum atomic E-state index is -1.52. The largest absolute Gasteiger partial charge is 0.456 e. The van der Waals surface area contributed by atoms with Gasteiger partial charge in [0.15, 0.2) is 16.6 Å². The van der Waals surface area contributed by atoms with Crippen molar-refractivity contribution in [2.24, 2.45) is 0 Å². The summed E-state index contributed by atoms with van der Waals surface area (Å²) < 4.78 is 17.7. The van der Waals surface area contributed by atoms with Gasteiger partial charge in [0.05, 0.1) is 0 Å². The molecular formula is C11H30O3Si3. The van der Waals surface area contributed by atoms with E-state index in [1.54, 1.807) is 0 Å². The highest BCUT2D eigenvalue weighted by Crippen LogP contribution is 2.21. The van der Waals surface area contributed by atoms with E-state index in [1.807, 2.05) is 13.8 Å². The minimum absolute atomic E-state index is 0.772. The number of rotatable bonds is 9. The molecule has 104 valence electrons. The third-order valence-electron chi connectivity index (χ3n) is 2.27. The van der Waals surface area contributed by atoms with Crippen LogP contribution in [0, 0.1) is 0 Å². The molecule has 0 fully saturated rings. The fourth-order valence-corrected chi connectivity index (χ4v) is 13.9. The standard InChI is InChI=1S/C11H30O3Si3/c1-8-12-15(13-9-2)10-11-17(6,7)14-16(3,4)5/h15H,8-11H2,1-7H3. The Morgan fingerprint density at radius 3 is 1.71 bits per heavy atom. The second kappa shape index (κ2) is 7.85. The summed E-state index contributed by atoms with van der Waals surface area (Å²) in [6.45, 7) is 17.1. The molecule has 0 N–H and O–H groups in total. The molecule has 0 unspecified atom stereocenters. The topological polar surface area (TPSA) is 27.7 Å². The van der Waals surface area contributed by atoms with Crippen LogP contribution in [0.25, 0.3) is 0 Å². The smallest absolute Gasteiger partial charge is 0.321 e. The third-order valence-corrected chi connectivity index (χ3v) is 11.2. The van der Waals surface area contributed by atoms with Crippen molar-refractivity contribution in [1.29, 1.82) is 0 Å². The molecule has 6 heteroatoms. The van der Waals surface area contributed by atoms with Crippen LogP contribution >= 0.6 is 0 Å². The maximum absolute atomic E-state index is 6.32. The van der Waals surface area contributed by atoms with E-state index in [0.29, 0.717) is 0 Å². The Balaban J connectivity index is 4.12. The first-order chi connectivity index (χ1) is 7.70. The molecule has 0 saturated heterocycles. The summed E-state index contributed by atoms with van der Waals surface area (Å²) in [5.74, 6) is 0. The zero-order valence-electron chi connectivity index (χ0n) is 12.6. The van der Waals surface area contributed by atoms with Gasteiger partial charge in [-0.2, -0.15) is 0 Å². The fourth-order valence-electron chi connectivity index (χ4n) is 1.93. The van der Waals surface area contributed by atoms with Crippen LogP contribution in [0.15, 0.2) is 0 Å². The van der Waals surface area contributed by atoms with Crippen molar-refractivity contribution >= 4 is 25.9 Å². The molecular weight excluding hydrogens is 264 g/mol. The SMILES string of the molecule is CCO[SiH](CC[Si](C)(C)O[Si](C)(C)C)OCC. The van der Waals surface area contributed by atoms with Crippen LogP contribution in [0.4, 0.5) is 0 Å². The van der Waals surface area contributed by atoms with Crippen molar-refractivity contribution in [2.45, 2.75) is 58.7 Å². The average Bonchev–Trinajstić information content (AvgIpc) is 2.11. The molecule has 0 rings (SSSR count). The summed E-state index contributed by atoms with van der Waals surface area (Å²) in [6.07, 6.45) is 0. The van der Waals surface area contributed by atoms with Gasteiger partial charge < -0.3 is 13.0 Å². The average molecular weight is 295 g/mol. The van der Waals surface area contributed by atoms with Crippen molar-refractivity contribution in [3.05, 3.63) is 0 Å². The lowest BCUT2D eigenvalue weighted by molar-refractivity contribution is 0.214. The van der Waals surface area contributed by atoms with Crippen molar-refractivity contribution < 1.29 is 13.0 Å². The second-order valence-corrected chi connectivity index (χ2v) is 17.0. The van der Waals surface area contributed by atoms with Gasteiger partial charge in [-0.3, -0.25) is 0 Å². The first kappa shape index (κ1) is 17.5. The molecule has 0 spiro atoms. The maximum atomic E-state index is 6.32. The van der Waals surface area contributed by atoms with Crippen LogP contribution in [0.2, 0.25) is 44.8 Å². The van der Waals surface area contributed by atoms with E-state index in [9.17, 15) is 0 Å². The second-order valence-electron chi connectivity index (χ2n) is 5.85. The Labute approximate surface area is 111 Å². The Morgan fingerprint density at radius 2 is 1.35 bits per heavy atom. The molecule has 0 aliphatic heterocycles. The lowest BCUT2D eigenvalue weighted by Gasteiger charge is -2.32. The predicted octanol–water partition coefficient (Wildman–Crippen LogP) is 3.34. The Hall–Kier alpha value is 0.531. The Kier molecular flexibility index (Phi) is 8.10. The molecule has 0 amide bonds. The Bertz CT molecular complexity index is 199. The zero-order chi connectivity index (χ0) is 13.5. The van der Waals surface area contributed by atoms with Crippen molar-refractivity contribution in [1.82, 2.24) is 0 Å². The molecule has 0 saturated carbocycles. The lowest BCUT2D eigenvalue weighted by atomic mass is 10.9. The van der Waals surface area contributed by atoms with Gasteiger partial charge in [0.25, 0.3) is 0 Å². The fraction of sp³-hybridized carbons (Fsp3) is 1.00. The van der Waals surface area contributed by atoms with Gasteiger partial charge in [-0.1, -0.05) is 0 Å². The lowest BCUT2D eigenvalue weighted by Crippen LogP contribution is -2.43. The normalized spacial score (nSPS) is 13.4. The van der Waals surface area contributed by atoms with E-state index in [0.717, 1.165) is 25.3 Å². The van der Waals surface area contributed by atoms with Crippen molar-refractivity contribution in [2.75, 3.05) is 13.2 Å². The van der Waals surface area contributed by atoms with Gasteiger partial charge in [0.1, 0.15) is 0 Å². The van der Waals surface area contributed by atoms with Crippen LogP contribution in [-0.2, 0) is 13.0 Å². The van der Waals surface area contributed by atoms with Gasteiger partial charge in [-0.15, -0.1) is 0 Å². The van der Waals surface area contributed by atoms with E-state index in [1.165, 1.54) is 0 Å². The van der Waals surface area contributed by atoms with Gasteiger partial charge >= 0.3 is 9.28 Å². The molecule has 0 aromatic rings. The van der Waals surface area contributed by atoms with Crippen LogP contribution in [0.5, 0.6) is 0 Å². The minimum Gasteiger partial charge on any atom is -0.456 e. The summed E-state index contributed by atoms with van der Waals surface area (Å²) in [6, 6.07) is 2.25. The summed E-state index contributed by atoms with van der Waals surface area (Å²) in [4.78, 5) is 0. The summed E-state index contributed by atoms with van der Waals surface area (Å²) in [5.41, 5.74) is 0. The van der Waals surface area contributed by atoms with E-state index < -0.39 is 25.9 Å². The Morgan fingerprint density at radius 1 is 0.882 bits per heavy atom. The third kappa shape index (κ3) is 10.2. The maximum Gasteiger partial charge on any atom is 0.321 e. The highest BCUT2D eigenvalue weighted by Gasteiger charge is 2.30. The highest BCUT2D eigenvalue weighted by atomic mass is 28.4. The van der Waals surface area contributed by atoms with Crippen LogP contribution in [0.3, 0.4) is 0 Å². The van der Waals surface area contributed by atoms with Gasteiger partial charge in [-0.25, -0.2) is 0 Å². The molecule has 0 atom stereocenters.